The molecule has 41 heavy (non-hydrogen) atoms. The third kappa shape index (κ3) is 4.92. The smallest absolute Gasteiger partial charge is 0.286 e. The van der Waals surface area contributed by atoms with Crippen LogP contribution in [0.1, 0.15) is 50.7 Å². The number of carbonyl (C=O) groups excluding carboxylic acids is 1. The zero-order valence-corrected chi connectivity index (χ0v) is 24.7. The lowest BCUT2D eigenvalue weighted by Crippen LogP contribution is -2.44. The van der Waals surface area contributed by atoms with Crippen LogP contribution in [-0.2, 0) is 30.3 Å². The highest BCUT2D eigenvalue weighted by atomic mass is 35.5. The quantitative estimate of drug-likeness (QED) is 0.281. The fourth-order valence-electron chi connectivity index (χ4n) is 5.61. The number of Topliss-reactive ketones (excluding diaryl/α,β-unsaturated/α-hetero) is 1. The van der Waals surface area contributed by atoms with E-state index in [-0.39, 0.29) is 43.4 Å². The summed E-state index contributed by atoms with van der Waals surface area (Å²) < 4.78 is 58.8. The molecule has 1 aliphatic carbocycles. The van der Waals surface area contributed by atoms with E-state index in [1.807, 2.05) is 26.0 Å². The van der Waals surface area contributed by atoms with Crippen molar-refractivity contribution in [3.8, 4) is 0 Å². The first-order valence-corrected chi connectivity index (χ1v) is 16.4. The molecule has 5 rings (SSSR count). The highest BCUT2D eigenvalue weighted by Crippen LogP contribution is 2.46. The number of benzene rings is 3. The predicted octanol–water partition coefficient (Wildman–Crippen LogP) is 6.04. The Bertz CT molecular complexity index is 1840. The number of nitrogens with one attached hydrogen (secondary N) is 2. The van der Waals surface area contributed by atoms with Gasteiger partial charge in [-0.2, -0.15) is 8.42 Å². The Morgan fingerprint density at radius 2 is 1.66 bits per heavy atom. The summed E-state index contributed by atoms with van der Waals surface area (Å²) in [6.07, 6.45) is 2.42. The lowest BCUT2D eigenvalue weighted by atomic mass is 9.63. The van der Waals surface area contributed by atoms with Gasteiger partial charge in [-0.05, 0) is 48.7 Å². The van der Waals surface area contributed by atoms with Gasteiger partial charge in [-0.1, -0.05) is 74.7 Å². The highest BCUT2D eigenvalue weighted by Gasteiger charge is 2.48. The van der Waals surface area contributed by atoms with Gasteiger partial charge in [-0.3, -0.25) is 9.52 Å². The SMILES string of the molecule is CCCC1(CCC)C(=O)C(C2=NS(=O)(=O)c3cc(NS(=O)(=O)c4ccccc4Cl)ccc3N2)=C(O)c2ccccc21. The van der Waals surface area contributed by atoms with Crippen LogP contribution in [0.2, 0.25) is 5.02 Å². The average Bonchev–Trinajstić information content (AvgIpc) is 2.92. The number of halogens is 1. The minimum absolute atomic E-state index is 0.00974. The van der Waals surface area contributed by atoms with Crippen LogP contribution in [-0.4, -0.2) is 33.6 Å². The number of sulfonamides is 2. The molecule has 0 spiro atoms. The van der Waals surface area contributed by atoms with Gasteiger partial charge >= 0.3 is 0 Å². The van der Waals surface area contributed by atoms with Crippen LogP contribution in [0.3, 0.4) is 0 Å². The Kier molecular flexibility index (Phi) is 7.47. The largest absolute Gasteiger partial charge is 0.506 e. The van der Waals surface area contributed by atoms with Crippen molar-refractivity contribution in [2.45, 2.75) is 54.7 Å². The molecule has 214 valence electrons. The van der Waals surface area contributed by atoms with Gasteiger partial charge in [0.05, 0.1) is 21.8 Å². The number of rotatable bonds is 8. The van der Waals surface area contributed by atoms with Gasteiger partial charge < -0.3 is 10.4 Å². The summed E-state index contributed by atoms with van der Waals surface area (Å²) in [6, 6.07) is 16.9. The van der Waals surface area contributed by atoms with Gasteiger partial charge in [0.1, 0.15) is 21.1 Å². The van der Waals surface area contributed by atoms with E-state index in [0.717, 1.165) is 6.07 Å². The molecule has 3 aromatic carbocycles. The van der Waals surface area contributed by atoms with Crippen molar-refractivity contribution in [2.24, 2.45) is 4.40 Å². The molecule has 3 N–H and O–H groups in total. The second-order valence-corrected chi connectivity index (χ2v) is 13.6. The predicted molar refractivity (Wildman–Crippen MR) is 159 cm³/mol. The summed E-state index contributed by atoms with van der Waals surface area (Å²) >= 11 is 6.05. The van der Waals surface area contributed by atoms with Crippen LogP contribution in [0.4, 0.5) is 11.4 Å². The van der Waals surface area contributed by atoms with E-state index < -0.39 is 31.2 Å². The second kappa shape index (κ2) is 10.6. The summed E-state index contributed by atoms with van der Waals surface area (Å²) in [4.78, 5) is 13.7. The minimum atomic E-state index is -4.41. The normalized spacial score (nSPS) is 17.2. The van der Waals surface area contributed by atoms with Crippen molar-refractivity contribution in [1.82, 2.24) is 0 Å². The standard InChI is InChI=1S/C29H28ClN3O6S2/c1-3-15-29(16-4-2)20-10-6-5-9-19(20)26(34)25(27(29)35)28-31-22-14-13-18(17-24(22)41(38,39)33-28)32-40(36,37)23-12-8-7-11-21(23)30/h5-14,17,32,34H,3-4,15-16H2,1-2H3,(H,31,33). The van der Waals surface area contributed by atoms with Gasteiger partial charge in [0.25, 0.3) is 20.0 Å². The lowest BCUT2D eigenvalue weighted by Gasteiger charge is -2.39. The third-order valence-corrected chi connectivity index (χ3v) is 10.5. The molecule has 2 aliphatic rings. The molecule has 3 aromatic rings. The van der Waals surface area contributed by atoms with Crippen molar-refractivity contribution < 1.29 is 26.7 Å². The Labute approximate surface area is 244 Å². The summed E-state index contributed by atoms with van der Waals surface area (Å²) in [5.41, 5.74) is 0.0903. The molecule has 0 fully saturated rings. The maximum atomic E-state index is 14.2. The van der Waals surface area contributed by atoms with Crippen LogP contribution in [0, 0.1) is 0 Å². The number of nitrogens with zero attached hydrogens (tertiary/aromatic N) is 1. The maximum absolute atomic E-state index is 14.2. The number of ketones is 1. The fraction of sp³-hybridized carbons (Fsp3) is 0.241. The summed E-state index contributed by atoms with van der Waals surface area (Å²) in [7, 11) is -8.53. The first-order chi connectivity index (χ1) is 19.4. The molecular formula is C29H28ClN3O6S2. The van der Waals surface area contributed by atoms with Gasteiger partial charge in [0.15, 0.2) is 11.6 Å². The van der Waals surface area contributed by atoms with Crippen molar-refractivity contribution in [3.05, 3.63) is 88.5 Å². The molecule has 0 radical (unpaired) electrons. The monoisotopic (exact) mass is 613 g/mol. The van der Waals surface area contributed by atoms with Crippen LogP contribution < -0.4 is 10.0 Å². The molecule has 0 saturated carbocycles. The Morgan fingerprint density at radius 3 is 2.34 bits per heavy atom. The van der Waals surface area contributed by atoms with E-state index in [2.05, 4.69) is 14.4 Å². The number of aliphatic hydroxyl groups is 1. The number of carbonyl (C=O) groups is 1. The summed E-state index contributed by atoms with van der Waals surface area (Å²) in [6.45, 7) is 3.94. The highest BCUT2D eigenvalue weighted by molar-refractivity contribution is 7.93. The lowest BCUT2D eigenvalue weighted by molar-refractivity contribution is -0.121. The number of hydrogen-bond acceptors (Lipinski definition) is 7. The Morgan fingerprint density at radius 1 is 1.00 bits per heavy atom. The van der Waals surface area contributed by atoms with E-state index in [1.54, 1.807) is 18.2 Å². The van der Waals surface area contributed by atoms with E-state index in [0.29, 0.717) is 36.8 Å². The Hall–Kier alpha value is -3.67. The van der Waals surface area contributed by atoms with E-state index in [1.165, 1.54) is 30.3 Å². The van der Waals surface area contributed by atoms with E-state index >= 15 is 0 Å². The number of fused-ring (bicyclic) bond motifs is 2. The third-order valence-electron chi connectivity index (χ3n) is 7.29. The summed E-state index contributed by atoms with van der Waals surface area (Å²) in [5, 5.41) is 14.2. The van der Waals surface area contributed by atoms with Crippen molar-refractivity contribution >= 4 is 60.4 Å². The fourth-order valence-corrected chi connectivity index (χ4v) is 8.33. The van der Waals surface area contributed by atoms with Crippen molar-refractivity contribution in [3.63, 3.8) is 0 Å². The Balaban J connectivity index is 1.57. The number of amidine groups is 1. The minimum Gasteiger partial charge on any atom is -0.506 e. The number of aliphatic hydroxyl groups excluding tert-OH is 1. The molecule has 1 heterocycles. The van der Waals surface area contributed by atoms with Crippen LogP contribution in [0.15, 0.2) is 86.5 Å². The molecule has 9 nitrogen and oxygen atoms in total. The number of anilines is 2. The van der Waals surface area contributed by atoms with Gasteiger partial charge in [0, 0.05) is 5.56 Å². The average molecular weight is 614 g/mol. The molecule has 0 bridgehead atoms. The molecule has 1 aliphatic heterocycles. The first-order valence-electron chi connectivity index (χ1n) is 13.1. The zero-order chi connectivity index (χ0) is 29.6. The molecule has 0 amide bonds. The molecule has 0 aromatic heterocycles. The van der Waals surface area contributed by atoms with Gasteiger partial charge in [0.2, 0.25) is 0 Å². The molecular weight excluding hydrogens is 586 g/mol. The maximum Gasteiger partial charge on any atom is 0.286 e. The molecule has 0 saturated heterocycles. The van der Waals surface area contributed by atoms with Crippen LogP contribution in [0.5, 0.6) is 0 Å². The number of hydrogen-bond donors (Lipinski definition) is 3. The first kappa shape index (κ1) is 28.8. The molecule has 12 heteroatoms. The van der Waals surface area contributed by atoms with Crippen LogP contribution in [0.25, 0.3) is 5.76 Å². The van der Waals surface area contributed by atoms with Crippen molar-refractivity contribution in [1.29, 1.82) is 0 Å². The topological polar surface area (TPSA) is 142 Å². The summed E-state index contributed by atoms with van der Waals surface area (Å²) in [5.74, 6) is -1.02. The molecule has 0 atom stereocenters. The van der Waals surface area contributed by atoms with Gasteiger partial charge in [-0.15, -0.1) is 4.40 Å². The van der Waals surface area contributed by atoms with E-state index in [9.17, 15) is 26.7 Å². The molecule has 0 unspecified atom stereocenters. The van der Waals surface area contributed by atoms with Crippen molar-refractivity contribution in [2.75, 3.05) is 10.0 Å². The van der Waals surface area contributed by atoms with Gasteiger partial charge in [-0.25, -0.2) is 8.42 Å². The van der Waals surface area contributed by atoms with E-state index in [4.69, 9.17) is 11.6 Å². The zero-order valence-electron chi connectivity index (χ0n) is 22.3. The second-order valence-electron chi connectivity index (χ2n) is 9.97. The van der Waals surface area contributed by atoms with Crippen LogP contribution >= 0.6 is 11.6 Å².